The maximum Gasteiger partial charge on any atom is 0.326 e. The number of aliphatic carboxylic acids is 1. The van der Waals surface area contributed by atoms with E-state index in [1.807, 2.05) is 6.07 Å². The van der Waals surface area contributed by atoms with E-state index in [4.69, 9.17) is 32.7 Å². The normalized spacial score (nSPS) is 29.8. The number of hydrogen-bond donors (Lipinski definition) is 3. The molecule has 9 nitrogen and oxygen atoms in total. The van der Waals surface area contributed by atoms with Crippen LogP contribution in [-0.4, -0.2) is 95.7 Å². The molecule has 1 saturated carbocycles. The van der Waals surface area contributed by atoms with E-state index in [1.54, 1.807) is 24.3 Å². The van der Waals surface area contributed by atoms with E-state index in [1.165, 1.54) is 6.92 Å². The molecule has 3 N–H and O–H groups in total. The average Bonchev–Trinajstić information content (AvgIpc) is 2.82. The molecule has 1 aromatic rings. The molecule has 0 spiro atoms. The van der Waals surface area contributed by atoms with Crippen molar-refractivity contribution in [3.05, 3.63) is 35.9 Å². The number of piperazine rings is 1. The maximum atomic E-state index is 13.2. The van der Waals surface area contributed by atoms with E-state index in [2.05, 4.69) is 22.5 Å². The zero-order chi connectivity index (χ0) is 26.2. The zero-order valence-corrected chi connectivity index (χ0v) is 22.1. The van der Waals surface area contributed by atoms with Crippen LogP contribution in [0.25, 0.3) is 0 Å². The molecule has 6 unspecified atom stereocenters. The third-order valence-electron chi connectivity index (χ3n) is 6.57. The number of nitrogens with zero attached hydrogens (tertiary/aromatic N) is 1. The summed E-state index contributed by atoms with van der Waals surface area (Å²) in [4.78, 5) is 39.2. The fourth-order valence-electron chi connectivity index (χ4n) is 4.77. The Kier molecular flexibility index (Phi) is 10.8. The summed E-state index contributed by atoms with van der Waals surface area (Å²) in [5.41, 5.74) is 0.767. The van der Waals surface area contributed by atoms with Crippen LogP contribution < -0.4 is 10.6 Å². The number of benzene rings is 1. The number of esters is 1. The van der Waals surface area contributed by atoms with Gasteiger partial charge in [-0.15, -0.1) is 23.2 Å². The monoisotopic (exact) mass is 543 g/mol. The summed E-state index contributed by atoms with van der Waals surface area (Å²) in [5.74, 6) is -3.25. The highest BCUT2D eigenvalue weighted by atomic mass is 35.5. The Morgan fingerprint density at radius 3 is 2.58 bits per heavy atom. The Balaban J connectivity index is 1.64. The van der Waals surface area contributed by atoms with Crippen molar-refractivity contribution in [1.82, 2.24) is 15.5 Å². The molecule has 2 aliphatic rings. The van der Waals surface area contributed by atoms with Crippen LogP contribution in [0.3, 0.4) is 0 Å². The Labute approximate surface area is 221 Å². The number of carboxylic acids is 1. The number of hydrogen-bond acceptors (Lipinski definition) is 7. The van der Waals surface area contributed by atoms with Crippen LogP contribution in [0.4, 0.5) is 0 Å². The zero-order valence-electron chi connectivity index (χ0n) is 20.6. The van der Waals surface area contributed by atoms with Crippen molar-refractivity contribution >= 4 is 41.0 Å². The first-order valence-corrected chi connectivity index (χ1v) is 13.1. The standard InChI is InChI=1S/C25H35Cl2N3O6/c1-15-14-30(9-8-28-15)10-11-35-23-19(26)13-18(22(21(23)27)36-16(2)31)24(32)29-20(25(33)34)12-17-6-4-3-5-7-17/h3-7,15,18-23,28H,8-14H2,1-2H3,(H,29,32)(H,33,34)/t15?,18?,19?,20-,21?,22?,23?/m0/s1. The van der Waals surface area contributed by atoms with Gasteiger partial charge in [0.1, 0.15) is 12.1 Å². The van der Waals surface area contributed by atoms with Gasteiger partial charge in [0, 0.05) is 45.6 Å². The number of nitrogens with one attached hydrogen (secondary N) is 2. The van der Waals surface area contributed by atoms with Crippen LogP contribution in [0.15, 0.2) is 30.3 Å². The molecular formula is C25H35Cl2N3O6. The Morgan fingerprint density at radius 1 is 1.22 bits per heavy atom. The molecule has 1 saturated heterocycles. The maximum absolute atomic E-state index is 13.2. The van der Waals surface area contributed by atoms with Crippen molar-refractivity contribution < 1.29 is 29.0 Å². The summed E-state index contributed by atoms with van der Waals surface area (Å²) in [6.45, 7) is 7.20. The van der Waals surface area contributed by atoms with Gasteiger partial charge in [0.25, 0.3) is 0 Å². The minimum absolute atomic E-state index is 0.109. The molecule has 200 valence electrons. The van der Waals surface area contributed by atoms with E-state index in [9.17, 15) is 19.5 Å². The highest BCUT2D eigenvalue weighted by Crippen LogP contribution is 2.36. The number of rotatable bonds is 10. The Bertz CT molecular complexity index is 892. The molecule has 1 aliphatic carbocycles. The van der Waals surface area contributed by atoms with Crippen LogP contribution >= 0.6 is 23.2 Å². The first-order valence-electron chi connectivity index (χ1n) is 12.3. The van der Waals surface area contributed by atoms with Gasteiger partial charge in [-0.1, -0.05) is 30.3 Å². The van der Waals surface area contributed by atoms with Crippen molar-refractivity contribution in [3.8, 4) is 0 Å². The van der Waals surface area contributed by atoms with Gasteiger partial charge in [-0.05, 0) is 18.9 Å². The second kappa shape index (κ2) is 13.6. The van der Waals surface area contributed by atoms with Crippen molar-refractivity contribution in [1.29, 1.82) is 0 Å². The second-order valence-electron chi connectivity index (χ2n) is 9.46. The number of carbonyl (C=O) groups excluding carboxylic acids is 2. The van der Waals surface area contributed by atoms with Gasteiger partial charge < -0.3 is 25.2 Å². The van der Waals surface area contributed by atoms with E-state index < -0.39 is 52.8 Å². The molecule has 1 aromatic carbocycles. The molecule has 1 amide bonds. The molecule has 7 atom stereocenters. The Morgan fingerprint density at radius 2 is 1.94 bits per heavy atom. The Hall–Kier alpha value is -1.91. The lowest BCUT2D eigenvalue weighted by atomic mass is 9.82. The molecule has 1 heterocycles. The molecule has 1 aliphatic heterocycles. The van der Waals surface area contributed by atoms with Crippen LogP contribution in [0.5, 0.6) is 0 Å². The SMILES string of the molecule is CC(=O)OC1C(C(=O)N[C@@H](Cc2ccccc2)C(=O)O)CC(Cl)C(OCCN2CCNC(C)C2)C1Cl. The quantitative estimate of drug-likeness (QED) is 0.301. The number of carboxylic acid groups (broad SMARTS) is 1. The average molecular weight is 544 g/mol. The summed E-state index contributed by atoms with van der Waals surface area (Å²) in [6.07, 6.45) is -1.41. The first-order chi connectivity index (χ1) is 17.2. The number of carbonyl (C=O) groups is 3. The smallest absolute Gasteiger partial charge is 0.326 e. The molecule has 11 heteroatoms. The minimum atomic E-state index is -1.17. The number of ether oxygens (including phenoxy) is 2. The van der Waals surface area contributed by atoms with Crippen molar-refractivity contribution in [3.63, 3.8) is 0 Å². The molecule has 0 radical (unpaired) electrons. The highest BCUT2D eigenvalue weighted by molar-refractivity contribution is 6.25. The lowest BCUT2D eigenvalue weighted by Crippen LogP contribution is -2.58. The van der Waals surface area contributed by atoms with Crippen molar-refractivity contribution in [2.24, 2.45) is 5.92 Å². The van der Waals surface area contributed by atoms with Gasteiger partial charge in [-0.25, -0.2) is 4.79 Å². The van der Waals surface area contributed by atoms with Crippen LogP contribution in [0.2, 0.25) is 0 Å². The molecule has 0 aromatic heterocycles. The minimum Gasteiger partial charge on any atom is -0.480 e. The third kappa shape index (κ3) is 8.05. The van der Waals surface area contributed by atoms with E-state index in [0.717, 1.165) is 25.2 Å². The molecular weight excluding hydrogens is 509 g/mol. The van der Waals surface area contributed by atoms with Gasteiger partial charge in [-0.2, -0.15) is 0 Å². The summed E-state index contributed by atoms with van der Waals surface area (Å²) >= 11 is 13.3. The summed E-state index contributed by atoms with van der Waals surface area (Å²) in [5, 5.41) is 14.2. The first kappa shape index (κ1) is 28.7. The lowest BCUT2D eigenvalue weighted by Gasteiger charge is -2.41. The van der Waals surface area contributed by atoms with Crippen LogP contribution in [-0.2, 0) is 30.3 Å². The van der Waals surface area contributed by atoms with Crippen molar-refractivity contribution in [2.75, 3.05) is 32.8 Å². The summed E-state index contributed by atoms with van der Waals surface area (Å²) in [7, 11) is 0. The van der Waals surface area contributed by atoms with Gasteiger partial charge in [0.05, 0.1) is 29.4 Å². The van der Waals surface area contributed by atoms with Gasteiger partial charge >= 0.3 is 11.9 Å². The highest BCUT2D eigenvalue weighted by Gasteiger charge is 2.49. The van der Waals surface area contributed by atoms with Gasteiger partial charge in [0.15, 0.2) is 0 Å². The van der Waals surface area contributed by atoms with E-state index in [0.29, 0.717) is 19.2 Å². The number of halogens is 2. The fourth-order valence-corrected chi connectivity index (χ4v) is 5.74. The molecule has 36 heavy (non-hydrogen) atoms. The number of amides is 1. The predicted octanol–water partition coefficient (Wildman–Crippen LogP) is 1.64. The van der Waals surface area contributed by atoms with Gasteiger partial charge in [-0.3, -0.25) is 14.5 Å². The van der Waals surface area contributed by atoms with Crippen LogP contribution in [0, 0.1) is 5.92 Å². The second-order valence-corrected chi connectivity index (χ2v) is 10.5. The lowest BCUT2D eigenvalue weighted by molar-refractivity contribution is -0.158. The van der Waals surface area contributed by atoms with Gasteiger partial charge in [0.2, 0.25) is 5.91 Å². The van der Waals surface area contributed by atoms with Crippen molar-refractivity contribution in [2.45, 2.75) is 61.7 Å². The number of alkyl halides is 2. The summed E-state index contributed by atoms with van der Waals surface area (Å²) in [6, 6.07) is 8.25. The predicted molar refractivity (Wildman–Crippen MR) is 136 cm³/mol. The van der Waals surface area contributed by atoms with E-state index in [-0.39, 0.29) is 12.8 Å². The fraction of sp³-hybridized carbons (Fsp3) is 0.640. The molecule has 2 fully saturated rings. The molecule has 0 bridgehead atoms. The third-order valence-corrected chi connectivity index (χ3v) is 7.49. The largest absolute Gasteiger partial charge is 0.480 e. The topological polar surface area (TPSA) is 117 Å². The molecule has 3 rings (SSSR count). The van der Waals surface area contributed by atoms with Crippen LogP contribution in [0.1, 0.15) is 25.8 Å². The van der Waals surface area contributed by atoms with E-state index >= 15 is 0 Å². The summed E-state index contributed by atoms with van der Waals surface area (Å²) < 4.78 is 11.5.